The third kappa shape index (κ3) is 1.57. The Kier molecular flexibility index (Phi) is 2.37. The molecule has 0 bridgehead atoms. The van der Waals surface area contributed by atoms with Gasteiger partial charge in [0.2, 0.25) is 0 Å². The standard InChI is InChI=1S/C13H12N4O/c1-17(10-4-2-3-5-11(10)18)13-9-6-7-14-12(9)15-8-16-13/h2-8,18H,1H3,(H,14,15,16). The van der Waals surface area contributed by atoms with E-state index < -0.39 is 0 Å². The van der Waals surface area contributed by atoms with Gasteiger partial charge >= 0.3 is 0 Å². The number of rotatable bonds is 2. The van der Waals surface area contributed by atoms with Crippen LogP contribution in [0.5, 0.6) is 5.75 Å². The Labute approximate surface area is 104 Å². The molecule has 5 heteroatoms. The van der Waals surface area contributed by atoms with Gasteiger partial charge in [0, 0.05) is 13.2 Å². The van der Waals surface area contributed by atoms with Gasteiger partial charge in [0.25, 0.3) is 0 Å². The Morgan fingerprint density at radius 3 is 2.83 bits per heavy atom. The molecule has 0 atom stereocenters. The predicted octanol–water partition coefficient (Wildman–Crippen LogP) is 2.43. The maximum absolute atomic E-state index is 9.87. The summed E-state index contributed by atoms with van der Waals surface area (Å²) in [5.74, 6) is 0.977. The van der Waals surface area contributed by atoms with E-state index in [0.717, 1.165) is 16.9 Å². The third-order valence-corrected chi connectivity index (χ3v) is 2.89. The minimum absolute atomic E-state index is 0.224. The van der Waals surface area contributed by atoms with E-state index in [1.165, 1.54) is 6.33 Å². The second kappa shape index (κ2) is 4.03. The van der Waals surface area contributed by atoms with Crippen molar-refractivity contribution in [2.24, 2.45) is 0 Å². The van der Waals surface area contributed by atoms with E-state index >= 15 is 0 Å². The molecule has 3 aromatic rings. The second-order valence-corrected chi connectivity index (χ2v) is 3.98. The second-order valence-electron chi connectivity index (χ2n) is 3.98. The summed E-state index contributed by atoms with van der Waals surface area (Å²) in [7, 11) is 1.86. The van der Waals surface area contributed by atoms with Crippen molar-refractivity contribution in [2.45, 2.75) is 0 Å². The van der Waals surface area contributed by atoms with Crippen LogP contribution in [0.4, 0.5) is 11.5 Å². The fourth-order valence-electron chi connectivity index (χ4n) is 1.99. The van der Waals surface area contributed by atoms with Gasteiger partial charge in [-0.05, 0) is 18.2 Å². The zero-order chi connectivity index (χ0) is 12.5. The normalized spacial score (nSPS) is 10.7. The van der Waals surface area contributed by atoms with Crippen LogP contribution in [0.3, 0.4) is 0 Å². The number of fused-ring (bicyclic) bond motifs is 1. The van der Waals surface area contributed by atoms with Crippen LogP contribution in [0.15, 0.2) is 42.9 Å². The van der Waals surface area contributed by atoms with Crippen molar-refractivity contribution in [1.82, 2.24) is 15.0 Å². The first kappa shape index (κ1) is 10.6. The van der Waals surface area contributed by atoms with Gasteiger partial charge in [0.15, 0.2) is 0 Å². The molecule has 0 aliphatic carbocycles. The molecule has 3 rings (SSSR count). The van der Waals surface area contributed by atoms with E-state index in [9.17, 15) is 5.11 Å². The first-order chi connectivity index (χ1) is 8.77. The van der Waals surface area contributed by atoms with E-state index in [1.807, 2.05) is 36.3 Å². The Hall–Kier alpha value is -2.56. The van der Waals surface area contributed by atoms with Crippen molar-refractivity contribution in [3.05, 3.63) is 42.9 Å². The highest BCUT2D eigenvalue weighted by Crippen LogP contribution is 2.32. The van der Waals surface area contributed by atoms with Crippen LogP contribution in [-0.4, -0.2) is 27.1 Å². The third-order valence-electron chi connectivity index (χ3n) is 2.89. The molecule has 2 N–H and O–H groups in total. The van der Waals surface area contributed by atoms with Crippen molar-refractivity contribution in [2.75, 3.05) is 11.9 Å². The van der Waals surface area contributed by atoms with Crippen LogP contribution in [-0.2, 0) is 0 Å². The lowest BCUT2D eigenvalue weighted by Crippen LogP contribution is -2.11. The Morgan fingerprint density at radius 2 is 2.00 bits per heavy atom. The first-order valence-electron chi connectivity index (χ1n) is 5.57. The average Bonchev–Trinajstić information content (AvgIpc) is 2.86. The van der Waals surface area contributed by atoms with Crippen molar-refractivity contribution in [3.8, 4) is 5.75 Å². The largest absolute Gasteiger partial charge is 0.506 e. The minimum Gasteiger partial charge on any atom is -0.506 e. The number of phenolic OH excluding ortho intramolecular Hbond substituents is 1. The number of nitrogens with zero attached hydrogens (tertiary/aromatic N) is 3. The molecule has 0 aliphatic rings. The number of nitrogens with one attached hydrogen (secondary N) is 1. The number of H-pyrrole nitrogens is 1. The molecule has 1 aromatic carbocycles. The summed E-state index contributed by atoms with van der Waals surface area (Å²) in [6.45, 7) is 0. The summed E-state index contributed by atoms with van der Waals surface area (Å²) in [4.78, 5) is 13.3. The SMILES string of the molecule is CN(c1ccccc1O)c1ncnc2[nH]ccc12. The van der Waals surface area contributed by atoms with Crippen molar-refractivity contribution >= 4 is 22.5 Å². The lowest BCUT2D eigenvalue weighted by atomic mass is 10.2. The number of aromatic amines is 1. The van der Waals surface area contributed by atoms with Gasteiger partial charge in [-0.3, -0.25) is 0 Å². The topological polar surface area (TPSA) is 65.0 Å². The Bertz CT molecular complexity index is 692. The van der Waals surface area contributed by atoms with Crippen molar-refractivity contribution < 1.29 is 5.11 Å². The molecule has 0 aliphatic heterocycles. The fraction of sp³-hybridized carbons (Fsp3) is 0.0769. The molecule has 0 radical (unpaired) electrons. The van der Waals surface area contributed by atoms with Crippen LogP contribution >= 0.6 is 0 Å². The van der Waals surface area contributed by atoms with Gasteiger partial charge in [0.05, 0.1) is 11.1 Å². The van der Waals surface area contributed by atoms with Gasteiger partial charge in [-0.1, -0.05) is 12.1 Å². The van der Waals surface area contributed by atoms with Crippen LogP contribution in [0.1, 0.15) is 0 Å². The molecule has 0 spiro atoms. The van der Waals surface area contributed by atoms with Gasteiger partial charge in [0.1, 0.15) is 23.5 Å². The molecule has 2 heterocycles. The zero-order valence-corrected chi connectivity index (χ0v) is 9.83. The summed E-state index contributed by atoms with van der Waals surface area (Å²) < 4.78 is 0. The molecule has 90 valence electrons. The van der Waals surface area contributed by atoms with Crippen molar-refractivity contribution in [3.63, 3.8) is 0 Å². The Morgan fingerprint density at radius 1 is 1.17 bits per heavy atom. The van der Waals surface area contributed by atoms with E-state index in [1.54, 1.807) is 12.1 Å². The highest BCUT2D eigenvalue weighted by Gasteiger charge is 2.13. The molecule has 0 saturated heterocycles. The molecule has 2 aromatic heterocycles. The monoisotopic (exact) mass is 240 g/mol. The molecule has 0 fully saturated rings. The summed E-state index contributed by atoms with van der Waals surface area (Å²) >= 11 is 0. The number of para-hydroxylation sites is 2. The number of benzene rings is 1. The van der Waals surface area contributed by atoms with E-state index in [-0.39, 0.29) is 5.75 Å². The van der Waals surface area contributed by atoms with Gasteiger partial charge in [-0.25, -0.2) is 9.97 Å². The lowest BCUT2D eigenvalue weighted by Gasteiger charge is -2.19. The summed E-state index contributed by atoms with van der Waals surface area (Å²) in [6.07, 6.45) is 3.33. The van der Waals surface area contributed by atoms with E-state index in [4.69, 9.17) is 0 Å². The fourth-order valence-corrected chi connectivity index (χ4v) is 1.99. The predicted molar refractivity (Wildman–Crippen MR) is 70.1 cm³/mol. The van der Waals surface area contributed by atoms with Crippen LogP contribution in [0, 0.1) is 0 Å². The minimum atomic E-state index is 0.224. The van der Waals surface area contributed by atoms with Gasteiger partial charge in [-0.15, -0.1) is 0 Å². The molecule has 0 saturated carbocycles. The van der Waals surface area contributed by atoms with Gasteiger partial charge < -0.3 is 15.0 Å². The average molecular weight is 240 g/mol. The number of hydrogen-bond donors (Lipinski definition) is 2. The summed E-state index contributed by atoms with van der Waals surface area (Å²) in [6, 6.07) is 9.08. The Balaban J connectivity index is 2.15. The number of phenols is 1. The van der Waals surface area contributed by atoms with Crippen molar-refractivity contribution in [1.29, 1.82) is 0 Å². The maximum Gasteiger partial charge on any atom is 0.145 e. The summed E-state index contributed by atoms with van der Waals surface area (Å²) in [5, 5.41) is 10.8. The molecule has 0 unspecified atom stereocenters. The highest BCUT2D eigenvalue weighted by atomic mass is 16.3. The molecular weight excluding hydrogens is 228 g/mol. The summed E-state index contributed by atoms with van der Waals surface area (Å²) in [5.41, 5.74) is 1.49. The first-order valence-corrected chi connectivity index (χ1v) is 5.57. The van der Waals surface area contributed by atoms with Crippen LogP contribution in [0.2, 0.25) is 0 Å². The molecule has 0 amide bonds. The molecular formula is C13H12N4O. The smallest absolute Gasteiger partial charge is 0.145 e. The zero-order valence-electron chi connectivity index (χ0n) is 9.83. The van der Waals surface area contributed by atoms with Crippen LogP contribution < -0.4 is 4.90 Å². The highest BCUT2D eigenvalue weighted by molar-refractivity contribution is 5.90. The quantitative estimate of drug-likeness (QED) is 0.722. The van der Waals surface area contributed by atoms with Gasteiger partial charge in [-0.2, -0.15) is 0 Å². The lowest BCUT2D eigenvalue weighted by molar-refractivity contribution is 0.476. The number of anilines is 2. The molecule has 18 heavy (non-hydrogen) atoms. The van der Waals surface area contributed by atoms with Crippen LogP contribution in [0.25, 0.3) is 11.0 Å². The van der Waals surface area contributed by atoms with E-state index in [2.05, 4.69) is 15.0 Å². The number of aromatic nitrogens is 3. The molecule has 5 nitrogen and oxygen atoms in total. The number of hydrogen-bond acceptors (Lipinski definition) is 4. The number of aromatic hydroxyl groups is 1. The maximum atomic E-state index is 9.87. The van der Waals surface area contributed by atoms with E-state index in [0.29, 0.717) is 5.69 Å².